The molecule has 1 aromatic heterocycles. The zero-order valence-corrected chi connectivity index (χ0v) is 31.5. The lowest BCUT2D eigenvalue weighted by atomic mass is 10.00. The number of hydrogen-bond donors (Lipinski definition) is 0. The number of hydrogen-bond acceptors (Lipinski definition) is 3. The second-order valence-corrected chi connectivity index (χ2v) is 14.6. The second-order valence-electron chi connectivity index (χ2n) is 14.6. The molecule has 0 saturated carbocycles. The fraction of sp³-hybridized carbons (Fsp3) is 0. The zero-order chi connectivity index (χ0) is 38.4. The van der Waals surface area contributed by atoms with Gasteiger partial charge in [-0.3, -0.25) is 0 Å². The predicted molar refractivity (Wildman–Crippen MR) is 238 cm³/mol. The largest absolute Gasteiger partial charge is 0.449 e. The van der Waals surface area contributed by atoms with Crippen LogP contribution in [0, 0.1) is 0 Å². The van der Waals surface area contributed by atoms with Crippen LogP contribution in [0.2, 0.25) is 0 Å². The van der Waals surface area contributed by atoms with Crippen molar-refractivity contribution in [3.05, 3.63) is 218 Å². The molecule has 4 nitrogen and oxygen atoms in total. The molecule has 0 atom stereocenters. The van der Waals surface area contributed by atoms with Gasteiger partial charge in [0.2, 0.25) is 0 Å². The van der Waals surface area contributed by atoms with E-state index in [0.29, 0.717) is 5.75 Å². The Morgan fingerprint density at radius 2 is 0.707 bits per heavy atom. The van der Waals surface area contributed by atoms with Gasteiger partial charge in [-0.05, 0) is 106 Å². The van der Waals surface area contributed by atoms with E-state index in [0.717, 1.165) is 72.9 Å². The topological polar surface area (TPSA) is 26.6 Å². The molecule has 274 valence electrons. The van der Waals surface area contributed by atoms with Crippen molar-refractivity contribution in [2.24, 2.45) is 0 Å². The molecule has 0 saturated heterocycles. The molecule has 0 aliphatic carbocycles. The highest BCUT2D eigenvalue weighted by atomic mass is 16.6. The summed E-state index contributed by atoms with van der Waals surface area (Å²) < 4.78 is 14.9. The molecule has 10 aromatic rings. The van der Waals surface area contributed by atoms with Crippen LogP contribution in [0.5, 0.6) is 23.0 Å². The zero-order valence-electron chi connectivity index (χ0n) is 31.5. The van der Waals surface area contributed by atoms with Crippen molar-refractivity contribution >= 4 is 38.9 Å². The van der Waals surface area contributed by atoms with Crippen LogP contribution in [0.15, 0.2) is 218 Å². The van der Waals surface area contributed by atoms with E-state index in [1.54, 1.807) is 0 Å². The number of aromatic nitrogens is 1. The van der Waals surface area contributed by atoms with Crippen molar-refractivity contribution in [1.29, 1.82) is 0 Å². The summed E-state index contributed by atoms with van der Waals surface area (Å²) in [5.74, 6) is 2.88. The van der Waals surface area contributed by atoms with Crippen LogP contribution >= 0.6 is 0 Å². The highest BCUT2D eigenvalue weighted by Crippen LogP contribution is 2.48. The Kier molecular flexibility index (Phi) is 8.11. The predicted octanol–water partition coefficient (Wildman–Crippen LogP) is 15.2. The van der Waals surface area contributed by atoms with Gasteiger partial charge < -0.3 is 18.9 Å². The maximum atomic E-state index is 6.33. The maximum absolute atomic E-state index is 6.33. The van der Waals surface area contributed by atoms with Crippen LogP contribution < -0.4 is 14.4 Å². The molecule has 0 N–H and O–H groups in total. The van der Waals surface area contributed by atoms with E-state index in [2.05, 4.69) is 204 Å². The highest BCUT2D eigenvalue weighted by molar-refractivity contribution is 6.10. The van der Waals surface area contributed by atoms with Gasteiger partial charge in [0.05, 0.1) is 11.0 Å². The van der Waals surface area contributed by atoms with Gasteiger partial charge in [-0.15, -0.1) is 0 Å². The first-order valence-electron chi connectivity index (χ1n) is 19.6. The van der Waals surface area contributed by atoms with Crippen molar-refractivity contribution in [3.8, 4) is 62.1 Å². The van der Waals surface area contributed by atoms with Gasteiger partial charge in [-0.25, -0.2) is 0 Å². The van der Waals surface area contributed by atoms with Crippen molar-refractivity contribution in [2.75, 3.05) is 4.90 Å². The van der Waals surface area contributed by atoms with Gasteiger partial charge in [-0.1, -0.05) is 140 Å². The molecule has 0 fully saturated rings. The number of rotatable bonds is 7. The van der Waals surface area contributed by atoms with E-state index in [4.69, 9.17) is 9.47 Å². The van der Waals surface area contributed by atoms with Crippen LogP contribution in [0.25, 0.3) is 60.9 Å². The quantitative estimate of drug-likeness (QED) is 0.163. The normalized spacial score (nSPS) is 11.7. The minimum atomic E-state index is 0.710. The highest BCUT2D eigenvalue weighted by Gasteiger charge is 2.22. The Balaban J connectivity index is 0.888. The average molecular weight is 745 g/mol. The summed E-state index contributed by atoms with van der Waals surface area (Å²) in [5, 5.41) is 2.28. The lowest BCUT2D eigenvalue weighted by Crippen LogP contribution is -2.09. The number of benzene rings is 9. The molecule has 0 amide bonds. The first-order valence-corrected chi connectivity index (χ1v) is 19.6. The standard InChI is InChI=1S/C54H36N2O2/c1-3-11-37(12-4-1)38-19-21-39(22-20-38)40-23-29-44(30-24-40)55(43-13-5-2-6-14-43)45-31-25-41(26-32-45)42-27-33-46(34-28-42)56-49-16-8-7-15-47(49)48-35-53-54(36-50(48)56)58-52-18-10-9-17-51(52)57-53/h1-36H. The van der Waals surface area contributed by atoms with E-state index in [1.807, 2.05) is 24.3 Å². The Bertz CT molecular complexity index is 3060. The molecule has 0 bridgehead atoms. The van der Waals surface area contributed by atoms with Crippen molar-refractivity contribution in [2.45, 2.75) is 0 Å². The Labute approximate surface area is 337 Å². The van der Waals surface area contributed by atoms with Crippen LogP contribution in [0.1, 0.15) is 0 Å². The van der Waals surface area contributed by atoms with Crippen LogP contribution in [-0.2, 0) is 0 Å². The van der Waals surface area contributed by atoms with E-state index in [-0.39, 0.29) is 0 Å². The number of para-hydroxylation sites is 4. The molecule has 0 unspecified atom stereocenters. The number of ether oxygens (including phenoxy) is 2. The molecule has 58 heavy (non-hydrogen) atoms. The molecule has 0 spiro atoms. The second kappa shape index (κ2) is 14.0. The van der Waals surface area contributed by atoms with Crippen molar-refractivity contribution in [1.82, 2.24) is 4.57 Å². The first-order chi connectivity index (χ1) is 28.7. The van der Waals surface area contributed by atoms with Crippen molar-refractivity contribution < 1.29 is 9.47 Å². The van der Waals surface area contributed by atoms with Crippen LogP contribution in [0.3, 0.4) is 0 Å². The molecule has 0 radical (unpaired) electrons. The third-order valence-corrected chi connectivity index (χ3v) is 11.1. The molecule has 11 rings (SSSR count). The number of anilines is 3. The SMILES string of the molecule is c1ccc(-c2ccc(-c3ccc(N(c4ccccc4)c4ccc(-c5ccc(-n6c7ccccc7c7cc8c(cc76)Oc6ccccc6O8)cc5)cc4)cc3)cc2)cc1. The molecule has 9 aromatic carbocycles. The molecular formula is C54H36N2O2. The minimum Gasteiger partial charge on any atom is -0.449 e. The summed E-state index contributed by atoms with van der Waals surface area (Å²) >= 11 is 0. The third-order valence-electron chi connectivity index (χ3n) is 11.1. The summed E-state index contributed by atoms with van der Waals surface area (Å²) in [6.45, 7) is 0. The lowest BCUT2D eigenvalue weighted by molar-refractivity contribution is 0.360. The van der Waals surface area contributed by atoms with E-state index in [9.17, 15) is 0 Å². The van der Waals surface area contributed by atoms with Gasteiger partial charge in [-0.2, -0.15) is 0 Å². The minimum absolute atomic E-state index is 0.710. The fourth-order valence-corrected chi connectivity index (χ4v) is 8.19. The fourth-order valence-electron chi connectivity index (χ4n) is 8.19. The van der Waals surface area contributed by atoms with Gasteiger partial charge in [0.25, 0.3) is 0 Å². The summed E-state index contributed by atoms with van der Waals surface area (Å²) in [6, 6.07) is 76.9. The van der Waals surface area contributed by atoms with E-state index < -0.39 is 0 Å². The Hall–Kier alpha value is -7.82. The van der Waals surface area contributed by atoms with Gasteiger partial charge >= 0.3 is 0 Å². The maximum Gasteiger partial charge on any atom is 0.172 e. The molecule has 2 heterocycles. The van der Waals surface area contributed by atoms with Gasteiger partial charge in [0.1, 0.15) is 0 Å². The monoisotopic (exact) mass is 744 g/mol. The first kappa shape index (κ1) is 33.5. The average Bonchev–Trinajstić information content (AvgIpc) is 3.62. The van der Waals surface area contributed by atoms with Gasteiger partial charge in [0.15, 0.2) is 23.0 Å². The van der Waals surface area contributed by atoms with Crippen molar-refractivity contribution in [3.63, 3.8) is 0 Å². The summed E-state index contributed by atoms with van der Waals surface area (Å²) in [7, 11) is 0. The lowest BCUT2D eigenvalue weighted by Gasteiger charge is -2.26. The Morgan fingerprint density at radius 3 is 1.28 bits per heavy atom. The van der Waals surface area contributed by atoms with Gasteiger partial charge in [0, 0.05) is 39.6 Å². The molecule has 4 heteroatoms. The number of nitrogens with zero attached hydrogens (tertiary/aromatic N) is 2. The van der Waals surface area contributed by atoms with E-state index >= 15 is 0 Å². The van der Waals surface area contributed by atoms with Crippen LogP contribution in [0.4, 0.5) is 17.1 Å². The molecular weight excluding hydrogens is 709 g/mol. The summed E-state index contributed by atoms with van der Waals surface area (Å²) in [5.41, 5.74) is 13.7. The Morgan fingerprint density at radius 1 is 0.293 bits per heavy atom. The smallest absolute Gasteiger partial charge is 0.172 e. The molecule has 1 aliphatic rings. The molecule has 1 aliphatic heterocycles. The number of fused-ring (bicyclic) bond motifs is 5. The van der Waals surface area contributed by atoms with E-state index in [1.165, 1.54) is 22.3 Å². The third kappa shape index (κ3) is 5.96. The summed E-state index contributed by atoms with van der Waals surface area (Å²) in [4.78, 5) is 2.31. The summed E-state index contributed by atoms with van der Waals surface area (Å²) in [6.07, 6.45) is 0. The van der Waals surface area contributed by atoms with Crippen LogP contribution in [-0.4, -0.2) is 4.57 Å².